The molecule has 1 saturated heterocycles. The fourth-order valence-corrected chi connectivity index (χ4v) is 4.35. The van der Waals surface area contributed by atoms with E-state index in [0.717, 1.165) is 19.3 Å². The summed E-state index contributed by atoms with van der Waals surface area (Å²) in [6, 6.07) is -0.141. The Morgan fingerprint density at radius 3 is 2.60 bits per heavy atom. The summed E-state index contributed by atoms with van der Waals surface area (Å²) in [6.45, 7) is 5.66. The summed E-state index contributed by atoms with van der Waals surface area (Å²) in [5, 5.41) is 3.37. The van der Waals surface area contributed by atoms with E-state index in [1.807, 2.05) is 37.4 Å². The summed E-state index contributed by atoms with van der Waals surface area (Å²) in [6.07, 6.45) is 7.30. The zero-order valence-electron chi connectivity index (χ0n) is 12.9. The van der Waals surface area contributed by atoms with Crippen LogP contribution in [0.1, 0.15) is 52.9 Å². The van der Waals surface area contributed by atoms with Crippen molar-refractivity contribution in [1.29, 1.82) is 0 Å². The van der Waals surface area contributed by atoms with E-state index in [2.05, 4.69) is 11.6 Å². The van der Waals surface area contributed by atoms with Crippen molar-refractivity contribution in [2.45, 2.75) is 75.7 Å². The zero-order chi connectivity index (χ0) is 14.9. The molecule has 0 bridgehead atoms. The molecule has 2 aliphatic rings. The predicted molar refractivity (Wildman–Crippen MR) is 82.7 cm³/mol. The number of nitrogens with zero attached hydrogens (tertiary/aromatic N) is 1. The van der Waals surface area contributed by atoms with Gasteiger partial charge in [-0.05, 0) is 39.4 Å². The van der Waals surface area contributed by atoms with E-state index in [1.165, 1.54) is 6.42 Å². The molecule has 2 rings (SSSR count). The van der Waals surface area contributed by atoms with Gasteiger partial charge in [0.2, 0.25) is 11.8 Å². The molecular formula is C15H26N2O2S. The number of thioether (sulfide) groups is 1. The lowest BCUT2D eigenvalue weighted by molar-refractivity contribution is -0.157. The molecule has 1 N–H and O–H groups in total. The van der Waals surface area contributed by atoms with E-state index in [-0.39, 0.29) is 23.9 Å². The van der Waals surface area contributed by atoms with Crippen LogP contribution in [0.4, 0.5) is 0 Å². The Morgan fingerprint density at radius 1 is 1.35 bits per heavy atom. The van der Waals surface area contributed by atoms with Crippen LogP contribution in [0.5, 0.6) is 0 Å². The highest BCUT2D eigenvalue weighted by atomic mass is 32.2. The molecule has 0 aromatic rings. The van der Waals surface area contributed by atoms with Gasteiger partial charge in [-0.3, -0.25) is 9.59 Å². The van der Waals surface area contributed by atoms with Gasteiger partial charge in [0, 0.05) is 11.3 Å². The first-order valence-electron chi connectivity index (χ1n) is 7.62. The summed E-state index contributed by atoms with van der Waals surface area (Å²) in [5.74, 6) is 0.0810. The molecule has 5 heteroatoms. The van der Waals surface area contributed by atoms with Crippen molar-refractivity contribution in [1.82, 2.24) is 10.2 Å². The molecule has 4 atom stereocenters. The molecule has 1 saturated carbocycles. The van der Waals surface area contributed by atoms with E-state index in [1.54, 1.807) is 0 Å². The molecule has 1 aliphatic carbocycles. The lowest BCUT2D eigenvalue weighted by atomic mass is 9.86. The number of nitrogens with one attached hydrogen (secondary N) is 1. The highest BCUT2D eigenvalue weighted by Gasteiger charge is 2.49. The quantitative estimate of drug-likeness (QED) is 0.869. The van der Waals surface area contributed by atoms with Crippen LogP contribution in [0, 0.1) is 0 Å². The van der Waals surface area contributed by atoms with E-state index < -0.39 is 5.54 Å². The Kier molecular flexibility index (Phi) is 4.67. The standard InChI is InChI=1S/C15H26N2O2S/c1-5-15(3)14(19)17(10(2)13(18)16-15)11-8-6-7-9-12(11)20-4/h10-12H,5-9H2,1-4H3,(H,16,18). The number of rotatable bonds is 3. The Balaban J connectivity index is 2.30. The summed E-state index contributed by atoms with van der Waals surface area (Å²) in [7, 11) is 0. The molecule has 2 fully saturated rings. The average Bonchev–Trinajstić information content (AvgIpc) is 2.46. The maximum Gasteiger partial charge on any atom is 0.248 e. The van der Waals surface area contributed by atoms with Crippen LogP contribution in [-0.2, 0) is 9.59 Å². The van der Waals surface area contributed by atoms with Crippen LogP contribution in [0.15, 0.2) is 0 Å². The SMILES string of the molecule is CCC1(C)NC(=O)C(C)N(C2CCCCC2SC)C1=O. The van der Waals surface area contributed by atoms with Gasteiger partial charge in [-0.1, -0.05) is 19.8 Å². The van der Waals surface area contributed by atoms with Crippen molar-refractivity contribution in [3.05, 3.63) is 0 Å². The van der Waals surface area contributed by atoms with Crippen LogP contribution in [-0.4, -0.2) is 45.8 Å². The van der Waals surface area contributed by atoms with Gasteiger partial charge in [-0.25, -0.2) is 0 Å². The number of carbonyl (C=O) groups is 2. The van der Waals surface area contributed by atoms with Gasteiger partial charge in [-0.2, -0.15) is 11.8 Å². The highest BCUT2D eigenvalue weighted by Crippen LogP contribution is 2.34. The number of amides is 2. The first-order valence-corrected chi connectivity index (χ1v) is 8.91. The molecule has 1 aliphatic heterocycles. The monoisotopic (exact) mass is 298 g/mol. The molecular weight excluding hydrogens is 272 g/mol. The molecule has 0 spiro atoms. The van der Waals surface area contributed by atoms with Crippen LogP contribution in [0.2, 0.25) is 0 Å². The first-order chi connectivity index (χ1) is 9.44. The normalized spacial score (nSPS) is 38.8. The second kappa shape index (κ2) is 5.96. The first kappa shape index (κ1) is 15.7. The second-order valence-electron chi connectivity index (χ2n) is 6.19. The van der Waals surface area contributed by atoms with Crippen molar-refractivity contribution in [2.75, 3.05) is 6.26 Å². The largest absolute Gasteiger partial charge is 0.340 e. The Hall–Kier alpha value is -0.710. The lowest BCUT2D eigenvalue weighted by Crippen LogP contribution is -2.71. The maximum absolute atomic E-state index is 12.9. The smallest absolute Gasteiger partial charge is 0.248 e. The third kappa shape index (κ3) is 2.57. The van der Waals surface area contributed by atoms with E-state index in [4.69, 9.17) is 0 Å². The fraction of sp³-hybridized carbons (Fsp3) is 0.867. The van der Waals surface area contributed by atoms with Gasteiger partial charge in [0.15, 0.2) is 0 Å². The van der Waals surface area contributed by atoms with Crippen LogP contribution in [0.3, 0.4) is 0 Å². The summed E-state index contributed by atoms with van der Waals surface area (Å²) in [4.78, 5) is 27.0. The summed E-state index contributed by atoms with van der Waals surface area (Å²) in [5.41, 5.74) is -0.732. The fourth-order valence-electron chi connectivity index (χ4n) is 3.36. The third-order valence-electron chi connectivity index (χ3n) is 4.94. The van der Waals surface area contributed by atoms with E-state index in [9.17, 15) is 9.59 Å². The van der Waals surface area contributed by atoms with Crippen LogP contribution >= 0.6 is 11.8 Å². The summed E-state index contributed by atoms with van der Waals surface area (Å²) < 4.78 is 0. The zero-order valence-corrected chi connectivity index (χ0v) is 13.8. The number of piperazine rings is 1. The Labute approximate surface area is 126 Å². The molecule has 4 unspecified atom stereocenters. The van der Waals surface area contributed by atoms with Gasteiger partial charge in [0.1, 0.15) is 11.6 Å². The number of hydrogen-bond donors (Lipinski definition) is 1. The Bertz CT molecular complexity index is 401. The molecule has 0 aromatic heterocycles. The van der Waals surface area contributed by atoms with Crippen molar-refractivity contribution in [3.63, 3.8) is 0 Å². The number of hydrogen-bond acceptors (Lipinski definition) is 3. The van der Waals surface area contributed by atoms with Gasteiger partial charge in [0.25, 0.3) is 0 Å². The minimum atomic E-state index is -0.732. The van der Waals surface area contributed by atoms with Gasteiger partial charge in [-0.15, -0.1) is 0 Å². The van der Waals surface area contributed by atoms with Crippen molar-refractivity contribution < 1.29 is 9.59 Å². The minimum absolute atomic E-state index is 0.0145. The molecule has 20 heavy (non-hydrogen) atoms. The molecule has 114 valence electrons. The molecule has 0 aromatic carbocycles. The minimum Gasteiger partial charge on any atom is -0.340 e. The second-order valence-corrected chi connectivity index (χ2v) is 7.27. The Morgan fingerprint density at radius 2 is 2.00 bits per heavy atom. The highest BCUT2D eigenvalue weighted by molar-refractivity contribution is 7.99. The summed E-state index contributed by atoms with van der Waals surface area (Å²) >= 11 is 1.83. The van der Waals surface area contributed by atoms with Gasteiger partial charge >= 0.3 is 0 Å². The van der Waals surface area contributed by atoms with Crippen LogP contribution in [0.25, 0.3) is 0 Å². The van der Waals surface area contributed by atoms with Gasteiger partial charge < -0.3 is 10.2 Å². The average molecular weight is 298 g/mol. The predicted octanol–water partition coefficient (Wildman–Crippen LogP) is 2.18. The van der Waals surface area contributed by atoms with Crippen molar-refractivity contribution in [3.8, 4) is 0 Å². The maximum atomic E-state index is 12.9. The van der Waals surface area contributed by atoms with Crippen molar-refractivity contribution >= 4 is 23.6 Å². The molecule has 2 amide bonds. The molecule has 1 heterocycles. The van der Waals surface area contributed by atoms with E-state index >= 15 is 0 Å². The lowest BCUT2D eigenvalue weighted by Gasteiger charge is -2.49. The van der Waals surface area contributed by atoms with Crippen LogP contribution < -0.4 is 5.32 Å². The van der Waals surface area contributed by atoms with Gasteiger partial charge in [0.05, 0.1) is 0 Å². The number of carbonyl (C=O) groups excluding carboxylic acids is 2. The molecule has 0 radical (unpaired) electrons. The van der Waals surface area contributed by atoms with Crippen molar-refractivity contribution in [2.24, 2.45) is 0 Å². The third-order valence-corrected chi connectivity index (χ3v) is 6.09. The van der Waals surface area contributed by atoms with E-state index in [0.29, 0.717) is 11.7 Å². The molecule has 4 nitrogen and oxygen atoms in total. The topological polar surface area (TPSA) is 49.4 Å².